The molecule has 0 aliphatic rings. The third-order valence-corrected chi connectivity index (χ3v) is 3.44. The third-order valence-electron chi connectivity index (χ3n) is 3.22. The van der Waals surface area contributed by atoms with Gasteiger partial charge in [-0.25, -0.2) is 4.79 Å². The molecule has 0 amide bonds. The van der Waals surface area contributed by atoms with Crippen molar-refractivity contribution < 1.29 is 4.74 Å². The summed E-state index contributed by atoms with van der Waals surface area (Å²) < 4.78 is 6.91. The highest BCUT2D eigenvalue weighted by Gasteiger charge is 2.09. The van der Waals surface area contributed by atoms with Gasteiger partial charge in [0, 0.05) is 11.4 Å². The topological polar surface area (TPSA) is 70.1 Å². The van der Waals surface area contributed by atoms with Crippen LogP contribution < -0.4 is 16.2 Å². The van der Waals surface area contributed by atoms with Gasteiger partial charge in [-0.15, -0.1) is 0 Å². The summed E-state index contributed by atoms with van der Waals surface area (Å²) in [5, 5.41) is 0. The zero-order valence-corrected chi connectivity index (χ0v) is 13.0. The quantitative estimate of drug-likeness (QED) is 0.868. The summed E-state index contributed by atoms with van der Waals surface area (Å²) in [7, 11) is 1.56. The van der Waals surface area contributed by atoms with Crippen LogP contribution in [0.2, 0.25) is 0 Å². The molecule has 0 aliphatic carbocycles. The standard InChI is InChI=1S/C15H17N3O2S/c1-9-6-10(2)18(15(19)17-9)8-11-4-5-12(14(16)21)13(7-11)20-3/h4-7H,8H2,1-3H3,(H2,16,21). The van der Waals surface area contributed by atoms with Gasteiger partial charge >= 0.3 is 5.69 Å². The molecule has 1 aromatic carbocycles. The van der Waals surface area contributed by atoms with Crippen LogP contribution in [0.25, 0.3) is 0 Å². The van der Waals surface area contributed by atoms with Crippen molar-refractivity contribution in [3.05, 3.63) is 57.3 Å². The molecule has 0 spiro atoms. The molecule has 0 radical (unpaired) electrons. The highest BCUT2D eigenvalue weighted by atomic mass is 32.1. The average molecular weight is 303 g/mol. The van der Waals surface area contributed by atoms with Gasteiger partial charge < -0.3 is 10.5 Å². The first-order valence-electron chi connectivity index (χ1n) is 6.44. The second kappa shape index (κ2) is 6.05. The molecule has 0 aliphatic heterocycles. The van der Waals surface area contributed by atoms with Crippen LogP contribution in [0.4, 0.5) is 0 Å². The number of methoxy groups -OCH3 is 1. The molecule has 6 heteroatoms. The van der Waals surface area contributed by atoms with Gasteiger partial charge in [-0.2, -0.15) is 4.98 Å². The number of ether oxygens (including phenoxy) is 1. The molecule has 21 heavy (non-hydrogen) atoms. The van der Waals surface area contributed by atoms with E-state index in [1.807, 2.05) is 25.1 Å². The Morgan fingerprint density at radius 3 is 2.67 bits per heavy atom. The van der Waals surface area contributed by atoms with E-state index >= 15 is 0 Å². The van der Waals surface area contributed by atoms with E-state index in [4.69, 9.17) is 22.7 Å². The van der Waals surface area contributed by atoms with Crippen LogP contribution in [-0.2, 0) is 6.54 Å². The predicted molar refractivity (Wildman–Crippen MR) is 86.0 cm³/mol. The van der Waals surface area contributed by atoms with E-state index < -0.39 is 0 Å². The molecule has 0 saturated carbocycles. The van der Waals surface area contributed by atoms with Gasteiger partial charge in [-0.3, -0.25) is 4.57 Å². The Morgan fingerprint density at radius 2 is 2.10 bits per heavy atom. The Kier molecular flexibility index (Phi) is 4.37. The Morgan fingerprint density at radius 1 is 1.38 bits per heavy atom. The molecule has 110 valence electrons. The van der Waals surface area contributed by atoms with Crippen molar-refractivity contribution in [2.75, 3.05) is 7.11 Å². The Balaban J connectivity index is 2.41. The fourth-order valence-electron chi connectivity index (χ4n) is 2.19. The number of thiocarbonyl (C=S) groups is 1. The summed E-state index contributed by atoms with van der Waals surface area (Å²) in [5.41, 5.74) is 8.57. The van der Waals surface area contributed by atoms with E-state index in [9.17, 15) is 4.79 Å². The molecule has 0 saturated heterocycles. The number of aryl methyl sites for hydroxylation is 2. The number of hydrogen-bond acceptors (Lipinski definition) is 4. The lowest BCUT2D eigenvalue weighted by Gasteiger charge is -2.12. The number of aromatic nitrogens is 2. The van der Waals surface area contributed by atoms with Crippen molar-refractivity contribution in [2.45, 2.75) is 20.4 Å². The number of nitrogens with two attached hydrogens (primary N) is 1. The maximum absolute atomic E-state index is 12.0. The lowest BCUT2D eigenvalue weighted by Crippen LogP contribution is -2.26. The Labute approximate surface area is 128 Å². The van der Waals surface area contributed by atoms with Crippen LogP contribution in [-0.4, -0.2) is 21.6 Å². The fourth-order valence-corrected chi connectivity index (χ4v) is 2.36. The molecular weight excluding hydrogens is 286 g/mol. The van der Waals surface area contributed by atoms with Crippen molar-refractivity contribution in [1.29, 1.82) is 0 Å². The van der Waals surface area contributed by atoms with Gasteiger partial charge in [0.25, 0.3) is 0 Å². The fraction of sp³-hybridized carbons (Fsp3) is 0.267. The Hall–Kier alpha value is -2.21. The zero-order valence-electron chi connectivity index (χ0n) is 12.2. The van der Waals surface area contributed by atoms with E-state index in [-0.39, 0.29) is 10.7 Å². The number of rotatable bonds is 4. The first-order chi connectivity index (χ1) is 9.92. The van der Waals surface area contributed by atoms with Crippen LogP contribution in [0.1, 0.15) is 22.5 Å². The van der Waals surface area contributed by atoms with Gasteiger partial charge in [-0.1, -0.05) is 18.3 Å². The molecule has 0 fully saturated rings. The van der Waals surface area contributed by atoms with Crippen molar-refractivity contribution in [2.24, 2.45) is 5.73 Å². The van der Waals surface area contributed by atoms with Crippen molar-refractivity contribution in [1.82, 2.24) is 9.55 Å². The monoisotopic (exact) mass is 303 g/mol. The van der Waals surface area contributed by atoms with Gasteiger partial charge in [0.15, 0.2) is 0 Å². The summed E-state index contributed by atoms with van der Waals surface area (Å²) in [4.78, 5) is 16.2. The summed E-state index contributed by atoms with van der Waals surface area (Å²) in [6.45, 7) is 4.11. The molecule has 2 rings (SSSR count). The summed E-state index contributed by atoms with van der Waals surface area (Å²) in [6.07, 6.45) is 0. The zero-order chi connectivity index (χ0) is 15.6. The number of nitrogens with zero attached hydrogens (tertiary/aromatic N) is 2. The van der Waals surface area contributed by atoms with Crippen LogP contribution in [0.5, 0.6) is 5.75 Å². The smallest absolute Gasteiger partial charge is 0.348 e. The molecule has 5 nitrogen and oxygen atoms in total. The lowest BCUT2D eigenvalue weighted by molar-refractivity contribution is 0.413. The summed E-state index contributed by atoms with van der Waals surface area (Å²) >= 11 is 4.98. The van der Waals surface area contributed by atoms with E-state index in [1.54, 1.807) is 24.7 Å². The number of benzene rings is 1. The molecule has 2 aromatic rings. The number of hydrogen-bond donors (Lipinski definition) is 1. The molecule has 2 N–H and O–H groups in total. The van der Waals surface area contributed by atoms with Crippen LogP contribution >= 0.6 is 12.2 Å². The minimum atomic E-state index is -0.259. The molecule has 0 unspecified atom stereocenters. The second-order valence-electron chi connectivity index (χ2n) is 4.81. The summed E-state index contributed by atoms with van der Waals surface area (Å²) in [6, 6.07) is 7.39. The molecule has 0 atom stereocenters. The van der Waals surface area contributed by atoms with E-state index in [0.717, 1.165) is 17.0 Å². The highest BCUT2D eigenvalue weighted by molar-refractivity contribution is 7.80. The molecule has 0 bridgehead atoms. The van der Waals surface area contributed by atoms with E-state index in [1.165, 1.54) is 0 Å². The van der Waals surface area contributed by atoms with Crippen LogP contribution in [0.3, 0.4) is 0 Å². The van der Waals surface area contributed by atoms with Crippen LogP contribution in [0.15, 0.2) is 29.1 Å². The van der Waals surface area contributed by atoms with Gasteiger partial charge in [-0.05, 0) is 37.6 Å². The Bertz CT molecular complexity index is 753. The van der Waals surface area contributed by atoms with Crippen molar-refractivity contribution in [3.8, 4) is 5.75 Å². The van der Waals surface area contributed by atoms with Crippen molar-refractivity contribution in [3.63, 3.8) is 0 Å². The maximum atomic E-state index is 12.0. The SMILES string of the molecule is COc1cc(Cn2c(C)cc(C)nc2=O)ccc1C(N)=S. The van der Waals surface area contributed by atoms with Gasteiger partial charge in [0.2, 0.25) is 0 Å². The summed E-state index contributed by atoms with van der Waals surface area (Å²) in [5.74, 6) is 0.603. The third kappa shape index (κ3) is 3.28. The lowest BCUT2D eigenvalue weighted by atomic mass is 10.1. The molecular formula is C15H17N3O2S. The predicted octanol–water partition coefficient (Wildman–Crippen LogP) is 1.55. The normalized spacial score (nSPS) is 10.4. The maximum Gasteiger partial charge on any atom is 0.348 e. The van der Waals surface area contributed by atoms with E-state index in [2.05, 4.69) is 4.98 Å². The highest BCUT2D eigenvalue weighted by Crippen LogP contribution is 2.20. The van der Waals surface area contributed by atoms with Crippen LogP contribution in [0, 0.1) is 13.8 Å². The van der Waals surface area contributed by atoms with Crippen molar-refractivity contribution >= 4 is 17.2 Å². The second-order valence-corrected chi connectivity index (χ2v) is 5.25. The first kappa shape index (κ1) is 15.2. The minimum Gasteiger partial charge on any atom is -0.496 e. The van der Waals surface area contributed by atoms with E-state index in [0.29, 0.717) is 17.9 Å². The minimum absolute atomic E-state index is 0.259. The molecule has 1 aromatic heterocycles. The van der Waals surface area contributed by atoms with Gasteiger partial charge in [0.05, 0.1) is 19.2 Å². The van der Waals surface area contributed by atoms with Gasteiger partial charge in [0.1, 0.15) is 10.7 Å². The largest absolute Gasteiger partial charge is 0.496 e. The average Bonchev–Trinajstić information content (AvgIpc) is 2.42. The first-order valence-corrected chi connectivity index (χ1v) is 6.85. The molecule has 1 heterocycles.